The Morgan fingerprint density at radius 3 is 2.47 bits per heavy atom. The maximum absolute atomic E-state index is 12.5. The van der Waals surface area contributed by atoms with Crippen LogP contribution in [0.15, 0.2) is 0 Å². The molecule has 1 aliphatic heterocycles. The average molecular weight is 271 g/mol. The van der Waals surface area contributed by atoms with E-state index in [1.165, 1.54) is 0 Å². The van der Waals surface area contributed by atoms with Crippen LogP contribution in [0.1, 0.15) is 20.8 Å². The number of amides is 1. The molecule has 1 heterocycles. The predicted octanol–water partition coefficient (Wildman–Crippen LogP) is -0.0486. The summed E-state index contributed by atoms with van der Waals surface area (Å²) < 4.78 is 5.39. The van der Waals surface area contributed by atoms with Crippen molar-refractivity contribution in [2.45, 2.75) is 32.9 Å². The summed E-state index contributed by atoms with van der Waals surface area (Å²) in [6.45, 7) is 6.06. The van der Waals surface area contributed by atoms with Gasteiger partial charge in [-0.2, -0.15) is 0 Å². The first-order valence-electron chi connectivity index (χ1n) is 6.56. The normalized spacial score (nSPS) is 36.9. The van der Waals surface area contributed by atoms with Crippen molar-refractivity contribution in [2.75, 3.05) is 19.8 Å². The highest BCUT2D eigenvalue weighted by atomic mass is 16.5. The number of hydrogen-bond donors (Lipinski definition) is 2. The Bertz CT molecular complexity index is 394. The third kappa shape index (κ3) is 2.34. The minimum atomic E-state index is -0.914. The van der Waals surface area contributed by atoms with E-state index in [2.05, 4.69) is 0 Å². The van der Waals surface area contributed by atoms with Crippen LogP contribution in [0.3, 0.4) is 0 Å². The van der Waals surface area contributed by atoms with Gasteiger partial charge < -0.3 is 19.8 Å². The molecule has 2 N–H and O–H groups in total. The molecule has 1 amide bonds. The molecule has 2 aliphatic rings. The van der Waals surface area contributed by atoms with Gasteiger partial charge in [-0.1, -0.05) is 13.8 Å². The van der Waals surface area contributed by atoms with Crippen LogP contribution < -0.4 is 0 Å². The van der Waals surface area contributed by atoms with Crippen LogP contribution in [-0.4, -0.2) is 58.9 Å². The lowest BCUT2D eigenvalue weighted by molar-refractivity contribution is -0.150. The van der Waals surface area contributed by atoms with Crippen LogP contribution >= 0.6 is 0 Å². The first-order chi connectivity index (χ1) is 8.80. The van der Waals surface area contributed by atoms with Gasteiger partial charge in [-0.3, -0.25) is 9.59 Å². The first-order valence-corrected chi connectivity index (χ1v) is 6.56. The highest BCUT2D eigenvalue weighted by Gasteiger charge is 2.67. The maximum Gasteiger partial charge on any atom is 0.307 e. The highest BCUT2D eigenvalue weighted by Crippen LogP contribution is 2.59. The topological polar surface area (TPSA) is 87.1 Å². The lowest BCUT2D eigenvalue weighted by Gasteiger charge is -2.37. The molecule has 0 radical (unpaired) electrons. The number of aliphatic hydroxyl groups excluding tert-OH is 1. The number of hydrogen-bond acceptors (Lipinski definition) is 4. The zero-order chi connectivity index (χ0) is 14.4. The Morgan fingerprint density at radius 2 is 2.00 bits per heavy atom. The molecule has 6 nitrogen and oxygen atoms in total. The molecule has 6 heteroatoms. The first kappa shape index (κ1) is 14.3. The van der Waals surface area contributed by atoms with E-state index >= 15 is 0 Å². The number of carboxylic acids is 1. The van der Waals surface area contributed by atoms with Gasteiger partial charge in [0.25, 0.3) is 0 Å². The molecule has 1 saturated carbocycles. The highest BCUT2D eigenvalue weighted by molar-refractivity contribution is 5.91. The molecule has 1 aliphatic carbocycles. The van der Waals surface area contributed by atoms with Crippen molar-refractivity contribution in [3.05, 3.63) is 0 Å². The monoisotopic (exact) mass is 271 g/mol. The number of morpholine rings is 1. The molecule has 2 fully saturated rings. The van der Waals surface area contributed by atoms with E-state index in [4.69, 9.17) is 14.9 Å². The van der Waals surface area contributed by atoms with Gasteiger partial charge in [0.2, 0.25) is 5.91 Å². The summed E-state index contributed by atoms with van der Waals surface area (Å²) in [4.78, 5) is 25.3. The summed E-state index contributed by atoms with van der Waals surface area (Å²) in [5.41, 5.74) is -0.490. The summed E-state index contributed by atoms with van der Waals surface area (Å²) in [6.07, 6.45) is -0.370. The number of carboxylic acid groups (broad SMARTS) is 1. The van der Waals surface area contributed by atoms with Crippen molar-refractivity contribution in [2.24, 2.45) is 17.3 Å². The van der Waals surface area contributed by atoms with Crippen LogP contribution in [0, 0.1) is 17.3 Å². The molecule has 0 spiro atoms. The predicted molar refractivity (Wildman–Crippen MR) is 66.4 cm³/mol. The number of carbonyl (C=O) groups is 2. The molecule has 4 atom stereocenters. The molecule has 0 aromatic heterocycles. The maximum atomic E-state index is 12.5. The average Bonchev–Trinajstić information content (AvgIpc) is 2.92. The van der Waals surface area contributed by atoms with E-state index in [-0.39, 0.29) is 24.7 Å². The summed E-state index contributed by atoms with van der Waals surface area (Å²) in [5, 5.41) is 18.3. The smallest absolute Gasteiger partial charge is 0.307 e. The largest absolute Gasteiger partial charge is 0.481 e. The Kier molecular flexibility index (Phi) is 3.57. The number of aliphatic hydroxyl groups is 1. The van der Waals surface area contributed by atoms with Gasteiger partial charge in [0, 0.05) is 6.54 Å². The summed E-state index contributed by atoms with van der Waals surface area (Å²) in [7, 11) is 0. The number of ether oxygens (including phenoxy) is 1. The van der Waals surface area contributed by atoms with Gasteiger partial charge in [0.15, 0.2) is 0 Å². The molecular formula is C13H21NO5. The molecule has 0 bridgehead atoms. The molecule has 1 saturated heterocycles. The van der Waals surface area contributed by atoms with Gasteiger partial charge in [-0.15, -0.1) is 0 Å². The van der Waals surface area contributed by atoms with E-state index in [1.54, 1.807) is 4.90 Å². The fourth-order valence-electron chi connectivity index (χ4n) is 2.97. The van der Waals surface area contributed by atoms with Gasteiger partial charge in [0.1, 0.15) is 0 Å². The third-order valence-corrected chi connectivity index (χ3v) is 4.35. The van der Waals surface area contributed by atoms with Gasteiger partial charge >= 0.3 is 5.97 Å². The molecule has 2 rings (SSSR count). The van der Waals surface area contributed by atoms with Crippen LogP contribution in [0.25, 0.3) is 0 Å². The van der Waals surface area contributed by atoms with E-state index in [1.807, 2.05) is 20.8 Å². The van der Waals surface area contributed by atoms with Crippen LogP contribution in [0.2, 0.25) is 0 Å². The third-order valence-electron chi connectivity index (χ3n) is 4.35. The van der Waals surface area contributed by atoms with E-state index < -0.39 is 23.2 Å². The molecular weight excluding hydrogens is 250 g/mol. The minimum absolute atomic E-state index is 0.0823. The Labute approximate surface area is 112 Å². The molecule has 2 unspecified atom stereocenters. The van der Waals surface area contributed by atoms with Crippen molar-refractivity contribution >= 4 is 11.9 Å². The number of aliphatic carboxylic acids is 1. The zero-order valence-corrected chi connectivity index (χ0v) is 11.5. The fourth-order valence-corrected chi connectivity index (χ4v) is 2.97. The molecule has 0 aromatic carbocycles. The van der Waals surface area contributed by atoms with Crippen molar-refractivity contribution in [3.8, 4) is 0 Å². The van der Waals surface area contributed by atoms with Gasteiger partial charge in [0.05, 0.1) is 37.2 Å². The van der Waals surface area contributed by atoms with Crippen molar-refractivity contribution < 1.29 is 24.5 Å². The summed E-state index contributed by atoms with van der Waals surface area (Å²) >= 11 is 0. The quantitative estimate of drug-likeness (QED) is 0.751. The number of carbonyl (C=O) groups excluding carboxylic acids is 1. The van der Waals surface area contributed by atoms with Crippen LogP contribution in [-0.2, 0) is 14.3 Å². The number of nitrogens with zero attached hydrogens (tertiary/aromatic N) is 1. The second-order valence-corrected chi connectivity index (χ2v) is 6.09. The lowest BCUT2D eigenvalue weighted by Crippen LogP contribution is -2.53. The molecule has 108 valence electrons. The second kappa shape index (κ2) is 4.76. The van der Waals surface area contributed by atoms with Crippen molar-refractivity contribution in [1.82, 2.24) is 4.90 Å². The summed E-state index contributed by atoms with van der Waals surface area (Å²) in [6, 6.07) is -0.0823. The summed E-state index contributed by atoms with van der Waals surface area (Å²) in [5.74, 6) is -2.12. The van der Waals surface area contributed by atoms with Crippen molar-refractivity contribution in [1.29, 1.82) is 0 Å². The van der Waals surface area contributed by atoms with Gasteiger partial charge in [-0.25, -0.2) is 0 Å². The Balaban J connectivity index is 2.09. The van der Waals surface area contributed by atoms with E-state index in [0.717, 1.165) is 0 Å². The molecule has 19 heavy (non-hydrogen) atoms. The van der Waals surface area contributed by atoms with Crippen LogP contribution in [0.5, 0.6) is 0 Å². The Hall–Kier alpha value is -1.14. The van der Waals surface area contributed by atoms with E-state index in [9.17, 15) is 9.59 Å². The Morgan fingerprint density at radius 1 is 1.37 bits per heavy atom. The SMILES string of the molecule is CC1COC(CO)CN1C(=O)[C@H]1[C@@H](C(=O)O)C1(C)C. The lowest BCUT2D eigenvalue weighted by atomic mass is 10.1. The number of rotatable bonds is 3. The van der Waals surface area contributed by atoms with Crippen LogP contribution in [0.4, 0.5) is 0 Å². The fraction of sp³-hybridized carbons (Fsp3) is 0.846. The minimum Gasteiger partial charge on any atom is -0.481 e. The van der Waals surface area contributed by atoms with Crippen molar-refractivity contribution in [3.63, 3.8) is 0 Å². The second-order valence-electron chi connectivity index (χ2n) is 6.09. The van der Waals surface area contributed by atoms with Gasteiger partial charge in [-0.05, 0) is 12.3 Å². The van der Waals surface area contributed by atoms with E-state index in [0.29, 0.717) is 13.2 Å². The standard InChI is InChI=1S/C13H21NO5/c1-7-6-19-8(5-15)4-14(7)11(16)9-10(12(17)18)13(9,2)3/h7-10,15H,4-6H2,1-3H3,(H,17,18)/t7?,8?,9-,10+/m1/s1. The molecule has 0 aromatic rings. The zero-order valence-electron chi connectivity index (χ0n) is 11.5.